The summed E-state index contributed by atoms with van der Waals surface area (Å²) < 4.78 is 15.5. The minimum absolute atomic E-state index is 0.0844. The zero-order chi connectivity index (χ0) is 15.0. The fraction of sp³-hybridized carbons (Fsp3) is 0.333. The van der Waals surface area contributed by atoms with Crippen molar-refractivity contribution in [3.8, 4) is 17.6 Å². The Morgan fingerprint density at radius 2 is 2.10 bits per heavy atom. The molecule has 0 aromatic heterocycles. The average molecular weight is 275 g/mol. The number of para-hydroxylation sites is 1. The second kappa shape index (κ2) is 7.85. The number of carbonyl (C=O) groups excluding carboxylic acids is 1. The largest absolute Gasteiger partial charge is 0.492 e. The molecule has 0 fully saturated rings. The summed E-state index contributed by atoms with van der Waals surface area (Å²) in [7, 11) is 1.51. The number of nitrogens with zero attached hydrogens (tertiary/aromatic N) is 1. The summed E-state index contributed by atoms with van der Waals surface area (Å²) in [4.78, 5) is 11.6. The van der Waals surface area contributed by atoms with Gasteiger partial charge in [0.2, 0.25) is 0 Å². The molecule has 0 spiro atoms. The molecule has 5 nitrogen and oxygen atoms in total. The Morgan fingerprint density at radius 3 is 2.65 bits per heavy atom. The third-order valence-electron chi connectivity index (χ3n) is 2.43. The predicted molar refractivity (Wildman–Crippen MR) is 74.4 cm³/mol. The molecular formula is C15H17NO4. The van der Waals surface area contributed by atoms with Crippen molar-refractivity contribution in [1.82, 2.24) is 0 Å². The fourth-order valence-corrected chi connectivity index (χ4v) is 1.64. The smallest absolute Gasteiger partial charge is 0.348 e. The normalized spacial score (nSPS) is 10.6. The molecule has 0 amide bonds. The van der Waals surface area contributed by atoms with E-state index in [1.54, 1.807) is 25.1 Å². The predicted octanol–water partition coefficient (Wildman–Crippen LogP) is 2.56. The summed E-state index contributed by atoms with van der Waals surface area (Å²) in [6, 6.07) is 7.09. The van der Waals surface area contributed by atoms with Crippen molar-refractivity contribution < 1.29 is 19.0 Å². The Kier molecular flexibility index (Phi) is 6.11. The van der Waals surface area contributed by atoms with Gasteiger partial charge in [-0.1, -0.05) is 12.1 Å². The van der Waals surface area contributed by atoms with Gasteiger partial charge in [0.1, 0.15) is 11.6 Å². The van der Waals surface area contributed by atoms with Crippen molar-refractivity contribution >= 4 is 12.0 Å². The molecule has 1 rings (SSSR count). The maximum absolute atomic E-state index is 11.6. The number of carbonyl (C=O) groups is 1. The van der Waals surface area contributed by atoms with E-state index in [1.165, 1.54) is 13.2 Å². The zero-order valence-corrected chi connectivity index (χ0v) is 11.8. The first kappa shape index (κ1) is 15.6. The van der Waals surface area contributed by atoms with Gasteiger partial charge in [0, 0.05) is 5.56 Å². The van der Waals surface area contributed by atoms with Gasteiger partial charge in [0.25, 0.3) is 0 Å². The highest BCUT2D eigenvalue weighted by atomic mass is 16.5. The summed E-state index contributed by atoms with van der Waals surface area (Å²) in [5.41, 5.74) is 0.502. The Labute approximate surface area is 118 Å². The van der Waals surface area contributed by atoms with Crippen LogP contribution in [0.5, 0.6) is 11.5 Å². The molecule has 0 radical (unpaired) electrons. The molecule has 0 unspecified atom stereocenters. The van der Waals surface area contributed by atoms with Gasteiger partial charge in [-0.15, -0.1) is 0 Å². The number of rotatable bonds is 6. The van der Waals surface area contributed by atoms with E-state index in [-0.39, 0.29) is 12.2 Å². The highest BCUT2D eigenvalue weighted by Gasteiger charge is 2.13. The van der Waals surface area contributed by atoms with Crippen LogP contribution in [0.15, 0.2) is 23.8 Å². The molecule has 1 aromatic rings. The molecular weight excluding hydrogens is 258 g/mol. The van der Waals surface area contributed by atoms with Gasteiger partial charge in [-0.3, -0.25) is 0 Å². The number of methoxy groups -OCH3 is 1. The minimum atomic E-state index is -0.654. The van der Waals surface area contributed by atoms with E-state index in [0.29, 0.717) is 23.7 Å². The Bertz CT molecular complexity index is 543. The molecule has 0 bridgehead atoms. The van der Waals surface area contributed by atoms with E-state index in [4.69, 9.17) is 19.5 Å². The maximum Gasteiger partial charge on any atom is 0.348 e. The molecule has 106 valence electrons. The third-order valence-corrected chi connectivity index (χ3v) is 2.43. The van der Waals surface area contributed by atoms with Crippen LogP contribution in [0.3, 0.4) is 0 Å². The van der Waals surface area contributed by atoms with Crippen molar-refractivity contribution in [3.05, 3.63) is 29.3 Å². The van der Waals surface area contributed by atoms with Gasteiger partial charge >= 0.3 is 5.97 Å². The number of hydrogen-bond acceptors (Lipinski definition) is 5. The van der Waals surface area contributed by atoms with Gasteiger partial charge in [-0.2, -0.15) is 5.26 Å². The van der Waals surface area contributed by atoms with Crippen LogP contribution in [0.1, 0.15) is 19.4 Å². The van der Waals surface area contributed by atoms with E-state index in [9.17, 15) is 4.79 Å². The zero-order valence-electron chi connectivity index (χ0n) is 11.8. The highest BCUT2D eigenvalue weighted by Crippen LogP contribution is 2.32. The van der Waals surface area contributed by atoms with Crippen LogP contribution in [0.25, 0.3) is 6.08 Å². The van der Waals surface area contributed by atoms with Crippen molar-refractivity contribution in [2.45, 2.75) is 13.8 Å². The third kappa shape index (κ3) is 3.75. The van der Waals surface area contributed by atoms with Crippen LogP contribution in [0.2, 0.25) is 0 Å². The van der Waals surface area contributed by atoms with Crippen LogP contribution < -0.4 is 9.47 Å². The monoisotopic (exact) mass is 275 g/mol. The second-order valence-corrected chi connectivity index (χ2v) is 3.70. The number of nitriles is 1. The second-order valence-electron chi connectivity index (χ2n) is 3.70. The Morgan fingerprint density at radius 1 is 1.35 bits per heavy atom. The topological polar surface area (TPSA) is 68.6 Å². The van der Waals surface area contributed by atoms with Crippen LogP contribution in [0, 0.1) is 11.3 Å². The fourth-order valence-electron chi connectivity index (χ4n) is 1.64. The van der Waals surface area contributed by atoms with Crippen LogP contribution in [0.4, 0.5) is 0 Å². The van der Waals surface area contributed by atoms with Crippen LogP contribution in [-0.4, -0.2) is 26.3 Å². The average Bonchev–Trinajstić information content (AvgIpc) is 2.45. The lowest BCUT2D eigenvalue weighted by Crippen LogP contribution is -2.06. The summed E-state index contributed by atoms with van der Waals surface area (Å²) >= 11 is 0. The van der Waals surface area contributed by atoms with Crippen molar-refractivity contribution in [2.75, 3.05) is 20.3 Å². The summed E-state index contributed by atoms with van der Waals surface area (Å²) in [5, 5.41) is 9.03. The first-order valence-corrected chi connectivity index (χ1v) is 6.26. The van der Waals surface area contributed by atoms with Crippen molar-refractivity contribution in [2.24, 2.45) is 0 Å². The standard InChI is InChI=1S/C15H17NO4/c1-4-19-13-8-6-7-11(14(13)18-3)9-12(10-16)15(17)20-5-2/h6-9H,4-5H2,1-3H3/b12-9+. The number of hydrogen-bond donors (Lipinski definition) is 0. The van der Waals surface area contributed by atoms with E-state index < -0.39 is 5.97 Å². The van der Waals surface area contributed by atoms with E-state index >= 15 is 0 Å². The van der Waals surface area contributed by atoms with Crippen molar-refractivity contribution in [3.63, 3.8) is 0 Å². The number of esters is 1. The van der Waals surface area contributed by atoms with E-state index in [1.807, 2.05) is 13.0 Å². The molecule has 0 atom stereocenters. The van der Waals surface area contributed by atoms with Crippen molar-refractivity contribution in [1.29, 1.82) is 5.26 Å². The van der Waals surface area contributed by atoms with Gasteiger partial charge < -0.3 is 14.2 Å². The molecule has 0 aliphatic heterocycles. The molecule has 0 aliphatic rings. The quantitative estimate of drug-likeness (QED) is 0.453. The molecule has 0 saturated heterocycles. The molecule has 20 heavy (non-hydrogen) atoms. The first-order chi connectivity index (χ1) is 9.67. The molecule has 0 N–H and O–H groups in total. The summed E-state index contributed by atoms with van der Waals surface area (Å²) in [5.74, 6) is 0.384. The number of ether oxygens (including phenoxy) is 3. The van der Waals surface area contributed by atoms with Gasteiger partial charge in [-0.05, 0) is 26.0 Å². The van der Waals surface area contributed by atoms with Crippen LogP contribution in [-0.2, 0) is 9.53 Å². The van der Waals surface area contributed by atoms with Gasteiger partial charge in [0.15, 0.2) is 11.5 Å². The SMILES string of the molecule is CCOC(=O)/C(C#N)=C/c1cccc(OCC)c1OC. The first-order valence-electron chi connectivity index (χ1n) is 6.26. The van der Waals surface area contributed by atoms with Gasteiger partial charge in [0.05, 0.1) is 20.3 Å². The Balaban J connectivity index is 3.21. The lowest BCUT2D eigenvalue weighted by molar-refractivity contribution is -0.137. The summed E-state index contributed by atoms with van der Waals surface area (Å²) in [6.45, 7) is 4.25. The van der Waals surface area contributed by atoms with E-state index in [2.05, 4.69) is 0 Å². The molecule has 1 aromatic carbocycles. The lowest BCUT2D eigenvalue weighted by Gasteiger charge is -2.11. The molecule has 0 heterocycles. The number of benzene rings is 1. The van der Waals surface area contributed by atoms with Gasteiger partial charge in [-0.25, -0.2) is 4.79 Å². The van der Waals surface area contributed by atoms with Crippen LogP contribution >= 0.6 is 0 Å². The molecule has 5 heteroatoms. The molecule has 0 aliphatic carbocycles. The minimum Gasteiger partial charge on any atom is -0.492 e. The Hall–Kier alpha value is -2.48. The summed E-state index contributed by atoms with van der Waals surface area (Å²) in [6.07, 6.45) is 1.43. The lowest BCUT2D eigenvalue weighted by atomic mass is 10.1. The maximum atomic E-state index is 11.6. The van der Waals surface area contributed by atoms with E-state index in [0.717, 1.165) is 0 Å². The highest BCUT2D eigenvalue weighted by molar-refractivity contribution is 5.98. The molecule has 0 saturated carbocycles.